The van der Waals surface area contributed by atoms with Crippen LogP contribution in [-0.2, 0) is 21.4 Å². The van der Waals surface area contributed by atoms with Crippen LogP contribution in [0.3, 0.4) is 0 Å². The van der Waals surface area contributed by atoms with E-state index in [4.69, 9.17) is 0 Å². The quantitative estimate of drug-likeness (QED) is 0.753. The number of nitrogens with one attached hydrogen (secondary N) is 1. The van der Waals surface area contributed by atoms with Gasteiger partial charge in [-0.2, -0.15) is 4.31 Å². The molecule has 0 radical (unpaired) electrons. The second-order valence-electron chi connectivity index (χ2n) is 7.44. The fourth-order valence-electron chi connectivity index (χ4n) is 3.33. The van der Waals surface area contributed by atoms with E-state index >= 15 is 0 Å². The van der Waals surface area contributed by atoms with Crippen molar-refractivity contribution in [2.45, 2.75) is 25.3 Å². The molecule has 0 bridgehead atoms. The molecule has 1 saturated heterocycles. The van der Waals surface area contributed by atoms with E-state index in [0.717, 1.165) is 17.0 Å². The van der Waals surface area contributed by atoms with Crippen LogP contribution in [0.25, 0.3) is 0 Å². The van der Waals surface area contributed by atoms with Crippen LogP contribution in [-0.4, -0.2) is 63.3 Å². The molecule has 1 unspecified atom stereocenters. The molecule has 2 aromatic rings. The molecule has 152 valence electrons. The molecule has 8 heteroatoms. The summed E-state index contributed by atoms with van der Waals surface area (Å²) in [5, 5.41) is 2.08. The average molecular weight is 423 g/mol. The second kappa shape index (κ2) is 8.73. The van der Waals surface area contributed by atoms with Crippen LogP contribution in [0.2, 0.25) is 0 Å². The number of benzene rings is 1. The zero-order valence-corrected chi connectivity index (χ0v) is 18.3. The van der Waals surface area contributed by atoms with Crippen molar-refractivity contribution in [2.24, 2.45) is 0 Å². The monoisotopic (exact) mass is 422 g/mol. The molecule has 3 rings (SSSR count). The molecule has 1 aromatic heterocycles. The van der Waals surface area contributed by atoms with E-state index in [0.29, 0.717) is 37.6 Å². The van der Waals surface area contributed by atoms with Gasteiger partial charge in [-0.05, 0) is 43.0 Å². The number of rotatable bonds is 6. The third-order valence-electron chi connectivity index (χ3n) is 5.13. The van der Waals surface area contributed by atoms with Gasteiger partial charge in [-0.3, -0.25) is 4.79 Å². The smallest absolute Gasteiger partial charge is 0.277 e. The Morgan fingerprint density at radius 2 is 1.71 bits per heavy atom. The molecular formula is C20H28N3O3S2+. The van der Waals surface area contributed by atoms with E-state index < -0.39 is 10.0 Å². The lowest BCUT2D eigenvalue weighted by atomic mass is 10.2. The van der Waals surface area contributed by atoms with Crippen molar-refractivity contribution in [3.8, 4) is 0 Å². The van der Waals surface area contributed by atoms with Crippen LogP contribution >= 0.6 is 11.3 Å². The highest BCUT2D eigenvalue weighted by Gasteiger charge is 2.30. The molecule has 1 aromatic carbocycles. The van der Waals surface area contributed by atoms with Gasteiger partial charge < -0.3 is 9.80 Å². The van der Waals surface area contributed by atoms with E-state index in [-0.39, 0.29) is 5.91 Å². The van der Waals surface area contributed by atoms with Crippen molar-refractivity contribution in [1.29, 1.82) is 0 Å². The second-order valence-corrected chi connectivity index (χ2v) is 10.4. The Balaban J connectivity index is 1.53. The maximum atomic E-state index is 12.8. The number of carbonyl (C=O) groups excluding carboxylic acids is 1. The number of thiophene rings is 1. The summed E-state index contributed by atoms with van der Waals surface area (Å²) in [4.78, 5) is 17.2. The topological polar surface area (TPSA) is 62.1 Å². The number of piperazine rings is 1. The minimum absolute atomic E-state index is 0.0825. The summed E-state index contributed by atoms with van der Waals surface area (Å²) in [5.41, 5.74) is 2.30. The van der Waals surface area contributed by atoms with Gasteiger partial charge in [0.1, 0.15) is 6.54 Å². The lowest BCUT2D eigenvalue weighted by Crippen LogP contribution is -3.08. The Bertz CT molecular complexity index is 914. The Morgan fingerprint density at radius 3 is 2.29 bits per heavy atom. The maximum Gasteiger partial charge on any atom is 0.277 e. The highest BCUT2D eigenvalue weighted by Crippen LogP contribution is 2.18. The first kappa shape index (κ1) is 21.0. The predicted octanol–water partition coefficient (Wildman–Crippen LogP) is 0.913. The molecule has 1 aliphatic rings. The van der Waals surface area contributed by atoms with Crippen LogP contribution < -0.4 is 4.90 Å². The standard InChI is InChI=1S/C20H27N3O3S2/c1-16-4-6-18(7-5-16)28(25,26)23-11-9-22(10-12-23)20(24)15-21(3)14-19-17(2)8-13-27-19/h4-8,13H,9-12,14-15H2,1-3H3/p+1. The Labute approximate surface area is 171 Å². The fraction of sp³-hybridized carbons (Fsp3) is 0.450. The van der Waals surface area contributed by atoms with Gasteiger partial charge in [0.15, 0.2) is 6.54 Å². The highest BCUT2D eigenvalue weighted by molar-refractivity contribution is 7.89. The number of sulfonamides is 1. The summed E-state index contributed by atoms with van der Waals surface area (Å²) in [5.74, 6) is 0.0825. The largest absolute Gasteiger partial charge is 0.335 e. The Kier molecular flexibility index (Phi) is 6.54. The summed E-state index contributed by atoms with van der Waals surface area (Å²) in [6.07, 6.45) is 0. The van der Waals surface area contributed by atoms with Gasteiger partial charge >= 0.3 is 0 Å². The van der Waals surface area contributed by atoms with Gasteiger partial charge in [-0.25, -0.2) is 8.42 Å². The summed E-state index contributed by atoms with van der Waals surface area (Å²) in [7, 11) is -1.48. The maximum absolute atomic E-state index is 12.8. The Hall–Kier alpha value is -1.74. The van der Waals surface area contributed by atoms with Gasteiger partial charge in [-0.1, -0.05) is 17.7 Å². The number of aryl methyl sites for hydroxylation is 2. The molecule has 1 fully saturated rings. The molecule has 0 saturated carbocycles. The van der Waals surface area contributed by atoms with Crippen LogP contribution in [0.4, 0.5) is 0 Å². The van der Waals surface area contributed by atoms with Crippen molar-refractivity contribution < 1.29 is 18.1 Å². The number of nitrogens with zero attached hydrogens (tertiary/aromatic N) is 2. The number of quaternary nitrogens is 1. The first-order chi connectivity index (χ1) is 13.3. The van der Waals surface area contributed by atoms with Gasteiger partial charge in [0.25, 0.3) is 5.91 Å². The third kappa shape index (κ3) is 4.81. The van der Waals surface area contributed by atoms with Crippen molar-refractivity contribution in [3.63, 3.8) is 0 Å². The number of likely N-dealkylation sites (N-methyl/N-ethyl adjacent to an activating group) is 1. The summed E-state index contributed by atoms with van der Waals surface area (Å²) < 4.78 is 27.0. The van der Waals surface area contributed by atoms with Crippen molar-refractivity contribution >= 4 is 27.3 Å². The predicted molar refractivity (Wildman–Crippen MR) is 111 cm³/mol. The minimum atomic E-state index is -3.50. The molecule has 0 aliphatic carbocycles. The van der Waals surface area contributed by atoms with Crippen LogP contribution in [0.1, 0.15) is 16.0 Å². The first-order valence-corrected chi connectivity index (χ1v) is 11.8. The molecule has 1 amide bonds. The average Bonchev–Trinajstić information content (AvgIpc) is 3.06. The lowest BCUT2D eigenvalue weighted by molar-refractivity contribution is -0.885. The fourth-order valence-corrected chi connectivity index (χ4v) is 5.77. The summed E-state index contributed by atoms with van der Waals surface area (Å²) in [6, 6.07) is 9.00. The van der Waals surface area contributed by atoms with E-state index in [1.807, 2.05) is 14.0 Å². The SMILES string of the molecule is Cc1ccc(S(=O)(=O)N2CCN(C(=O)C[NH+](C)Cc3sccc3C)CC2)cc1. The molecule has 1 aliphatic heterocycles. The van der Waals surface area contributed by atoms with Gasteiger partial charge in [0, 0.05) is 26.2 Å². The molecule has 1 N–H and O–H groups in total. The van der Waals surface area contributed by atoms with Crippen molar-refractivity contribution in [3.05, 3.63) is 51.7 Å². The first-order valence-electron chi connectivity index (χ1n) is 9.46. The lowest BCUT2D eigenvalue weighted by Gasteiger charge is -2.34. The molecular weight excluding hydrogens is 394 g/mol. The molecule has 1 atom stereocenters. The zero-order valence-electron chi connectivity index (χ0n) is 16.6. The molecule has 0 spiro atoms. The molecule has 6 nitrogen and oxygen atoms in total. The van der Waals surface area contributed by atoms with E-state index in [2.05, 4.69) is 18.4 Å². The zero-order chi connectivity index (χ0) is 20.3. The minimum Gasteiger partial charge on any atom is -0.335 e. The summed E-state index contributed by atoms with van der Waals surface area (Å²) >= 11 is 1.72. The van der Waals surface area contributed by atoms with Crippen LogP contribution in [0.5, 0.6) is 0 Å². The molecule has 2 heterocycles. The van der Waals surface area contributed by atoms with Gasteiger partial charge in [0.05, 0.1) is 16.8 Å². The van der Waals surface area contributed by atoms with Crippen LogP contribution in [0.15, 0.2) is 40.6 Å². The number of amides is 1. The van der Waals surface area contributed by atoms with Gasteiger partial charge in [-0.15, -0.1) is 11.3 Å². The Morgan fingerprint density at radius 1 is 1.07 bits per heavy atom. The third-order valence-corrected chi connectivity index (χ3v) is 8.07. The van der Waals surface area contributed by atoms with Crippen molar-refractivity contribution in [1.82, 2.24) is 9.21 Å². The molecule has 28 heavy (non-hydrogen) atoms. The van der Waals surface area contributed by atoms with E-state index in [9.17, 15) is 13.2 Å². The number of hydrogen-bond acceptors (Lipinski definition) is 4. The normalized spacial score (nSPS) is 16.9. The highest BCUT2D eigenvalue weighted by atomic mass is 32.2. The number of carbonyl (C=O) groups is 1. The van der Waals surface area contributed by atoms with E-state index in [1.54, 1.807) is 40.5 Å². The van der Waals surface area contributed by atoms with Crippen LogP contribution in [0, 0.1) is 13.8 Å². The number of hydrogen-bond donors (Lipinski definition) is 1. The summed E-state index contributed by atoms with van der Waals surface area (Å²) in [6.45, 7) is 6.83. The van der Waals surface area contributed by atoms with E-state index in [1.165, 1.54) is 14.7 Å². The van der Waals surface area contributed by atoms with Crippen molar-refractivity contribution in [2.75, 3.05) is 39.8 Å². The van der Waals surface area contributed by atoms with Gasteiger partial charge in [0.2, 0.25) is 10.0 Å².